The lowest BCUT2D eigenvalue weighted by Crippen LogP contribution is -2.49. The summed E-state index contributed by atoms with van der Waals surface area (Å²) >= 11 is 0. The van der Waals surface area contributed by atoms with E-state index in [1.807, 2.05) is 6.07 Å². The SMILES string of the molecule is CC(C)(C)c1ccc2ccnc(NCC(=O)NC3CC(C4CCC(O)(C5=CC=CC5)CC4)C3)c2c1. The van der Waals surface area contributed by atoms with Gasteiger partial charge in [-0.15, -0.1) is 0 Å². The van der Waals surface area contributed by atoms with Crippen LogP contribution in [0.2, 0.25) is 0 Å². The van der Waals surface area contributed by atoms with Gasteiger partial charge in [-0.25, -0.2) is 4.98 Å². The molecule has 3 N–H and O–H groups in total. The molecule has 5 rings (SSSR count). The molecule has 5 heteroatoms. The van der Waals surface area contributed by atoms with Gasteiger partial charge in [-0.1, -0.05) is 51.1 Å². The molecular formula is C30H39N3O2. The van der Waals surface area contributed by atoms with Crippen LogP contribution in [0.1, 0.15) is 71.3 Å². The van der Waals surface area contributed by atoms with E-state index in [1.54, 1.807) is 6.20 Å². The Morgan fingerprint density at radius 1 is 1.14 bits per heavy atom. The zero-order chi connectivity index (χ0) is 24.6. The molecule has 186 valence electrons. The number of nitrogens with one attached hydrogen (secondary N) is 2. The number of pyridine rings is 1. The normalized spacial score (nSPS) is 28.5. The number of amides is 1. The van der Waals surface area contributed by atoms with Crippen molar-refractivity contribution in [1.29, 1.82) is 0 Å². The second kappa shape index (κ2) is 9.42. The summed E-state index contributed by atoms with van der Waals surface area (Å²) in [5, 5.41) is 19.7. The number of carbonyl (C=O) groups excluding carboxylic acids is 1. The van der Waals surface area contributed by atoms with Crippen LogP contribution in [0.5, 0.6) is 0 Å². The Bertz CT molecular complexity index is 1150. The molecule has 2 aromatic rings. The molecule has 5 nitrogen and oxygen atoms in total. The highest BCUT2D eigenvalue weighted by Crippen LogP contribution is 2.46. The van der Waals surface area contributed by atoms with E-state index < -0.39 is 5.60 Å². The highest BCUT2D eigenvalue weighted by molar-refractivity contribution is 5.93. The molecule has 3 aliphatic carbocycles. The first-order chi connectivity index (χ1) is 16.7. The van der Waals surface area contributed by atoms with Gasteiger partial charge in [0.2, 0.25) is 5.91 Å². The van der Waals surface area contributed by atoms with Crippen LogP contribution in [0.15, 0.2) is 54.3 Å². The fourth-order valence-electron chi connectivity index (χ4n) is 6.09. The van der Waals surface area contributed by atoms with E-state index >= 15 is 0 Å². The van der Waals surface area contributed by atoms with Gasteiger partial charge in [0.1, 0.15) is 5.82 Å². The van der Waals surface area contributed by atoms with Gasteiger partial charge in [-0.05, 0) is 90.9 Å². The molecular weight excluding hydrogens is 434 g/mol. The molecule has 2 fully saturated rings. The van der Waals surface area contributed by atoms with Crippen molar-refractivity contribution >= 4 is 22.5 Å². The van der Waals surface area contributed by atoms with Crippen molar-refractivity contribution < 1.29 is 9.90 Å². The van der Waals surface area contributed by atoms with Gasteiger partial charge < -0.3 is 15.7 Å². The number of fused-ring (bicyclic) bond motifs is 1. The Kier molecular flexibility index (Phi) is 6.47. The van der Waals surface area contributed by atoms with Crippen molar-refractivity contribution in [2.45, 2.75) is 82.8 Å². The van der Waals surface area contributed by atoms with Crippen LogP contribution >= 0.6 is 0 Å². The van der Waals surface area contributed by atoms with E-state index in [0.29, 0.717) is 11.8 Å². The van der Waals surface area contributed by atoms with Gasteiger partial charge in [0.15, 0.2) is 0 Å². The first-order valence-electron chi connectivity index (χ1n) is 13.2. The van der Waals surface area contributed by atoms with Crippen LogP contribution in [0.3, 0.4) is 0 Å². The Balaban J connectivity index is 1.09. The third-order valence-corrected chi connectivity index (χ3v) is 8.48. The van der Waals surface area contributed by atoms with Crippen molar-refractivity contribution in [3.05, 3.63) is 59.8 Å². The number of hydrogen-bond donors (Lipinski definition) is 3. The minimum Gasteiger partial charge on any atom is -0.385 e. The quantitative estimate of drug-likeness (QED) is 0.507. The van der Waals surface area contributed by atoms with E-state index in [2.05, 4.69) is 72.8 Å². The van der Waals surface area contributed by atoms with Crippen molar-refractivity contribution in [3.63, 3.8) is 0 Å². The molecule has 3 aliphatic rings. The van der Waals surface area contributed by atoms with E-state index in [-0.39, 0.29) is 23.9 Å². The molecule has 0 radical (unpaired) electrons. The van der Waals surface area contributed by atoms with Gasteiger partial charge in [-0.3, -0.25) is 4.79 Å². The molecule has 0 atom stereocenters. The van der Waals surface area contributed by atoms with Crippen LogP contribution in [0.4, 0.5) is 5.82 Å². The summed E-state index contributed by atoms with van der Waals surface area (Å²) < 4.78 is 0. The number of nitrogens with zero attached hydrogens (tertiary/aromatic N) is 1. The summed E-state index contributed by atoms with van der Waals surface area (Å²) in [4.78, 5) is 17.2. The number of carbonyl (C=O) groups is 1. The van der Waals surface area contributed by atoms with E-state index in [4.69, 9.17) is 0 Å². The highest BCUT2D eigenvalue weighted by Gasteiger charge is 2.42. The van der Waals surface area contributed by atoms with E-state index in [1.165, 1.54) is 11.1 Å². The van der Waals surface area contributed by atoms with Crippen LogP contribution in [-0.4, -0.2) is 34.2 Å². The van der Waals surface area contributed by atoms with Crippen LogP contribution < -0.4 is 10.6 Å². The molecule has 2 saturated carbocycles. The summed E-state index contributed by atoms with van der Waals surface area (Å²) in [5.41, 5.74) is 1.91. The maximum absolute atomic E-state index is 12.7. The molecule has 35 heavy (non-hydrogen) atoms. The Labute approximate surface area is 209 Å². The highest BCUT2D eigenvalue weighted by atomic mass is 16.3. The average molecular weight is 474 g/mol. The fourth-order valence-corrected chi connectivity index (χ4v) is 6.09. The first-order valence-corrected chi connectivity index (χ1v) is 13.2. The maximum Gasteiger partial charge on any atom is 0.239 e. The predicted molar refractivity (Wildman–Crippen MR) is 142 cm³/mol. The summed E-state index contributed by atoms with van der Waals surface area (Å²) in [7, 11) is 0. The Hall–Kier alpha value is -2.66. The average Bonchev–Trinajstić information content (AvgIpc) is 3.36. The number of rotatable bonds is 6. The zero-order valence-corrected chi connectivity index (χ0v) is 21.3. The summed E-state index contributed by atoms with van der Waals surface area (Å²) in [6.45, 7) is 6.84. The second-order valence-electron chi connectivity index (χ2n) is 11.9. The summed E-state index contributed by atoms with van der Waals surface area (Å²) in [5.74, 6) is 2.13. The van der Waals surface area contributed by atoms with E-state index in [9.17, 15) is 9.90 Å². The lowest BCUT2D eigenvalue weighted by molar-refractivity contribution is -0.121. The minimum absolute atomic E-state index is 0.0259. The minimum atomic E-state index is -0.591. The zero-order valence-electron chi connectivity index (χ0n) is 21.3. The maximum atomic E-state index is 12.7. The first kappa shape index (κ1) is 24.1. The fraction of sp³-hybridized carbons (Fsp3) is 0.533. The van der Waals surface area contributed by atoms with Gasteiger partial charge in [-0.2, -0.15) is 0 Å². The third-order valence-electron chi connectivity index (χ3n) is 8.48. The van der Waals surface area contributed by atoms with Crippen molar-refractivity contribution in [3.8, 4) is 0 Å². The van der Waals surface area contributed by atoms with Crippen molar-refractivity contribution in [1.82, 2.24) is 10.3 Å². The number of allylic oxidation sites excluding steroid dienone is 3. The molecule has 0 spiro atoms. The molecule has 0 bridgehead atoms. The van der Waals surface area contributed by atoms with Crippen molar-refractivity contribution in [2.24, 2.45) is 11.8 Å². The molecule has 1 heterocycles. The Morgan fingerprint density at radius 2 is 1.91 bits per heavy atom. The number of benzene rings is 1. The molecule has 1 amide bonds. The van der Waals surface area contributed by atoms with Crippen molar-refractivity contribution in [2.75, 3.05) is 11.9 Å². The topological polar surface area (TPSA) is 74.2 Å². The standard InChI is InChI=1S/C30H39N3O2/c1-29(2,3)24-9-8-21-12-15-31-28(26(21)18-24)32-19-27(34)33-25-16-22(17-25)20-10-13-30(35,14-11-20)23-6-4-5-7-23/h4-6,8-9,12,15,18,20,22,25,35H,7,10-11,13-14,16-17,19H2,1-3H3,(H,31,32)(H,33,34). The monoisotopic (exact) mass is 473 g/mol. The molecule has 1 aromatic heterocycles. The predicted octanol–water partition coefficient (Wildman–Crippen LogP) is 5.65. The van der Waals surface area contributed by atoms with Gasteiger partial charge in [0, 0.05) is 17.6 Å². The molecule has 0 unspecified atom stereocenters. The lowest BCUT2D eigenvalue weighted by atomic mass is 9.64. The lowest BCUT2D eigenvalue weighted by Gasteiger charge is -2.45. The summed E-state index contributed by atoms with van der Waals surface area (Å²) in [6, 6.07) is 8.76. The van der Waals surface area contributed by atoms with Gasteiger partial charge in [0.05, 0.1) is 12.1 Å². The molecule has 1 aromatic carbocycles. The third kappa shape index (κ3) is 5.16. The van der Waals surface area contributed by atoms with E-state index in [0.717, 1.165) is 61.5 Å². The Morgan fingerprint density at radius 3 is 2.60 bits per heavy atom. The van der Waals surface area contributed by atoms with Crippen LogP contribution in [0.25, 0.3) is 10.8 Å². The van der Waals surface area contributed by atoms with Gasteiger partial charge >= 0.3 is 0 Å². The number of aromatic nitrogens is 1. The second-order valence-corrected chi connectivity index (χ2v) is 11.9. The van der Waals surface area contributed by atoms with Crippen LogP contribution in [-0.2, 0) is 10.2 Å². The van der Waals surface area contributed by atoms with Gasteiger partial charge in [0.25, 0.3) is 0 Å². The number of aliphatic hydroxyl groups is 1. The van der Waals surface area contributed by atoms with Crippen LogP contribution in [0, 0.1) is 11.8 Å². The smallest absolute Gasteiger partial charge is 0.239 e. The largest absolute Gasteiger partial charge is 0.385 e. The molecule has 0 saturated heterocycles. The number of hydrogen-bond acceptors (Lipinski definition) is 4. The number of anilines is 1. The summed E-state index contributed by atoms with van der Waals surface area (Å²) in [6.07, 6.45) is 15.0. The molecule has 0 aliphatic heterocycles.